The fraction of sp³-hybridized carbons (Fsp3) is 1.00. The first-order valence-corrected chi connectivity index (χ1v) is 7.22. The molecule has 1 N–H and O–H groups in total. The highest BCUT2D eigenvalue weighted by Gasteiger charge is 2.13. The molecule has 0 aromatic rings. The van der Waals surface area contributed by atoms with E-state index in [2.05, 4.69) is 44.8 Å². The van der Waals surface area contributed by atoms with Crippen molar-refractivity contribution in [1.82, 2.24) is 5.32 Å². The maximum atomic E-state index is 3.59. The smallest absolute Gasteiger partial charge is 0.0183 e. The van der Waals surface area contributed by atoms with E-state index < -0.39 is 0 Å². The van der Waals surface area contributed by atoms with Crippen LogP contribution in [0.25, 0.3) is 0 Å². The zero-order valence-corrected chi connectivity index (χ0v) is 11.1. The third-order valence-electron chi connectivity index (χ3n) is 2.74. The number of unbranched alkanes of at least 4 members (excludes halogenated alkanes) is 1. The van der Waals surface area contributed by atoms with Gasteiger partial charge in [-0.1, -0.05) is 40.5 Å². The van der Waals surface area contributed by atoms with E-state index in [0.717, 1.165) is 12.5 Å². The van der Waals surface area contributed by atoms with Crippen LogP contribution in [0.2, 0.25) is 0 Å². The Morgan fingerprint density at radius 1 is 1.21 bits per heavy atom. The van der Waals surface area contributed by atoms with Crippen LogP contribution in [0.15, 0.2) is 0 Å². The van der Waals surface area contributed by atoms with E-state index in [9.17, 15) is 0 Å². The first kappa shape index (κ1) is 14.3. The fourth-order valence-corrected chi connectivity index (χ4v) is 2.79. The summed E-state index contributed by atoms with van der Waals surface area (Å²) in [6, 6.07) is 0.715. The molecule has 0 aromatic carbocycles. The molecular formula is C12H27NS. The maximum Gasteiger partial charge on any atom is 0.0183 e. The number of rotatable bonds is 9. The molecule has 2 unspecified atom stereocenters. The van der Waals surface area contributed by atoms with Crippen LogP contribution in [-0.4, -0.2) is 24.1 Å². The normalized spacial score (nSPS) is 15.4. The van der Waals surface area contributed by atoms with E-state index in [-0.39, 0.29) is 0 Å². The lowest BCUT2D eigenvalue weighted by Gasteiger charge is -2.23. The van der Waals surface area contributed by atoms with Crippen LogP contribution in [0.1, 0.15) is 47.0 Å². The Kier molecular flexibility index (Phi) is 10.1. The number of thioether (sulfide) groups is 1. The average Bonchev–Trinajstić information content (AvgIpc) is 2.21. The SMILES string of the molecule is CCCCSCC(NCC)C(C)CC. The standard InChI is InChI=1S/C12H27NS/c1-5-8-9-14-10-12(13-7-3)11(4)6-2/h11-13H,5-10H2,1-4H3. The van der Waals surface area contributed by atoms with Crippen molar-refractivity contribution in [3.05, 3.63) is 0 Å². The minimum absolute atomic E-state index is 0.715. The van der Waals surface area contributed by atoms with Gasteiger partial charge < -0.3 is 5.32 Å². The van der Waals surface area contributed by atoms with Gasteiger partial charge in [0.2, 0.25) is 0 Å². The third kappa shape index (κ3) is 6.72. The van der Waals surface area contributed by atoms with E-state index >= 15 is 0 Å². The Morgan fingerprint density at radius 2 is 1.93 bits per heavy atom. The maximum absolute atomic E-state index is 3.59. The van der Waals surface area contributed by atoms with Gasteiger partial charge in [0.15, 0.2) is 0 Å². The molecule has 0 aliphatic rings. The fourth-order valence-electron chi connectivity index (χ4n) is 1.43. The van der Waals surface area contributed by atoms with Crippen molar-refractivity contribution in [3.8, 4) is 0 Å². The van der Waals surface area contributed by atoms with Gasteiger partial charge in [0.05, 0.1) is 0 Å². The highest BCUT2D eigenvalue weighted by Crippen LogP contribution is 2.14. The molecule has 0 fully saturated rings. The van der Waals surface area contributed by atoms with Crippen LogP contribution >= 0.6 is 11.8 Å². The van der Waals surface area contributed by atoms with Crippen molar-refractivity contribution in [2.45, 2.75) is 53.0 Å². The van der Waals surface area contributed by atoms with Gasteiger partial charge >= 0.3 is 0 Å². The molecule has 0 bridgehead atoms. The summed E-state index contributed by atoms with van der Waals surface area (Å²) in [5.74, 6) is 3.42. The topological polar surface area (TPSA) is 12.0 Å². The highest BCUT2D eigenvalue weighted by atomic mass is 32.2. The van der Waals surface area contributed by atoms with Crippen molar-refractivity contribution < 1.29 is 0 Å². The Morgan fingerprint density at radius 3 is 2.43 bits per heavy atom. The lowest BCUT2D eigenvalue weighted by molar-refractivity contribution is 0.404. The lowest BCUT2D eigenvalue weighted by Crippen LogP contribution is -2.36. The van der Waals surface area contributed by atoms with Gasteiger partial charge in [-0.2, -0.15) is 11.8 Å². The Bertz CT molecular complexity index is 117. The second-order valence-corrected chi connectivity index (χ2v) is 5.13. The molecule has 0 radical (unpaired) electrons. The molecule has 1 nitrogen and oxygen atoms in total. The van der Waals surface area contributed by atoms with Crippen molar-refractivity contribution in [3.63, 3.8) is 0 Å². The first-order valence-electron chi connectivity index (χ1n) is 6.07. The van der Waals surface area contributed by atoms with E-state index in [1.165, 1.54) is 30.8 Å². The van der Waals surface area contributed by atoms with Gasteiger partial charge in [0.1, 0.15) is 0 Å². The predicted molar refractivity (Wildman–Crippen MR) is 69.2 cm³/mol. The zero-order valence-electron chi connectivity index (χ0n) is 10.3. The molecule has 0 aliphatic carbocycles. The summed E-state index contributed by atoms with van der Waals surface area (Å²) >= 11 is 2.11. The van der Waals surface area contributed by atoms with Gasteiger partial charge in [0, 0.05) is 11.8 Å². The van der Waals surface area contributed by atoms with E-state index in [1.54, 1.807) is 0 Å². The van der Waals surface area contributed by atoms with Crippen molar-refractivity contribution in [2.24, 2.45) is 5.92 Å². The summed E-state index contributed by atoms with van der Waals surface area (Å²) < 4.78 is 0. The van der Waals surface area contributed by atoms with E-state index in [4.69, 9.17) is 0 Å². The third-order valence-corrected chi connectivity index (χ3v) is 3.91. The average molecular weight is 217 g/mol. The molecule has 0 amide bonds. The minimum atomic E-state index is 0.715. The van der Waals surface area contributed by atoms with Gasteiger partial charge in [0.25, 0.3) is 0 Å². The van der Waals surface area contributed by atoms with Crippen LogP contribution in [0, 0.1) is 5.92 Å². The number of hydrogen-bond acceptors (Lipinski definition) is 2. The molecule has 86 valence electrons. The van der Waals surface area contributed by atoms with Crippen LogP contribution in [0.4, 0.5) is 0 Å². The largest absolute Gasteiger partial charge is 0.313 e. The molecule has 0 aromatic heterocycles. The minimum Gasteiger partial charge on any atom is -0.313 e. The molecule has 2 heteroatoms. The molecule has 0 saturated carbocycles. The van der Waals surface area contributed by atoms with Gasteiger partial charge in [-0.15, -0.1) is 0 Å². The summed E-state index contributed by atoms with van der Waals surface area (Å²) in [6.07, 6.45) is 3.97. The van der Waals surface area contributed by atoms with Crippen molar-refractivity contribution in [2.75, 3.05) is 18.1 Å². The van der Waals surface area contributed by atoms with E-state index in [1.807, 2.05) is 0 Å². The Balaban J connectivity index is 3.61. The van der Waals surface area contributed by atoms with Gasteiger partial charge in [-0.3, -0.25) is 0 Å². The second-order valence-electron chi connectivity index (χ2n) is 3.98. The van der Waals surface area contributed by atoms with Crippen LogP contribution < -0.4 is 5.32 Å². The summed E-state index contributed by atoms with van der Waals surface area (Å²) in [5.41, 5.74) is 0. The molecule has 0 rings (SSSR count). The summed E-state index contributed by atoms with van der Waals surface area (Å²) in [4.78, 5) is 0. The predicted octanol–water partition coefficient (Wildman–Crippen LogP) is 3.54. The zero-order chi connectivity index (χ0) is 10.8. The van der Waals surface area contributed by atoms with Gasteiger partial charge in [-0.05, 0) is 24.6 Å². The molecule has 2 atom stereocenters. The number of nitrogens with one attached hydrogen (secondary N) is 1. The molecular weight excluding hydrogens is 190 g/mol. The van der Waals surface area contributed by atoms with Crippen LogP contribution in [0.5, 0.6) is 0 Å². The molecule has 0 heterocycles. The van der Waals surface area contributed by atoms with Crippen LogP contribution in [0.3, 0.4) is 0 Å². The van der Waals surface area contributed by atoms with Crippen molar-refractivity contribution in [1.29, 1.82) is 0 Å². The van der Waals surface area contributed by atoms with Gasteiger partial charge in [-0.25, -0.2) is 0 Å². The first-order chi connectivity index (χ1) is 6.76. The summed E-state index contributed by atoms with van der Waals surface area (Å²) in [6.45, 7) is 10.2. The summed E-state index contributed by atoms with van der Waals surface area (Å²) in [5, 5.41) is 3.59. The molecule has 0 saturated heterocycles. The Hall–Kier alpha value is 0.310. The monoisotopic (exact) mass is 217 g/mol. The number of hydrogen-bond donors (Lipinski definition) is 1. The highest BCUT2D eigenvalue weighted by molar-refractivity contribution is 7.99. The molecule has 0 spiro atoms. The molecule has 14 heavy (non-hydrogen) atoms. The van der Waals surface area contributed by atoms with Crippen LogP contribution in [-0.2, 0) is 0 Å². The molecule has 0 aliphatic heterocycles. The second kappa shape index (κ2) is 9.85. The lowest BCUT2D eigenvalue weighted by atomic mass is 10.0. The van der Waals surface area contributed by atoms with E-state index in [0.29, 0.717) is 6.04 Å². The van der Waals surface area contributed by atoms with Crippen molar-refractivity contribution >= 4 is 11.8 Å². The summed E-state index contributed by atoms with van der Waals surface area (Å²) in [7, 11) is 0. The quantitative estimate of drug-likeness (QED) is 0.593. The Labute approximate surface area is 94.4 Å².